The number of Topliss-reactive ketones (excluding diaryl/α,β-unsaturated/α-hetero) is 1. The summed E-state index contributed by atoms with van der Waals surface area (Å²) in [6, 6.07) is 12.0. The summed E-state index contributed by atoms with van der Waals surface area (Å²) in [7, 11) is 0. The summed E-state index contributed by atoms with van der Waals surface area (Å²) in [6.07, 6.45) is 12.8. The van der Waals surface area contributed by atoms with Gasteiger partial charge in [-0.25, -0.2) is 0 Å². The molecule has 1 amide bonds. The largest absolute Gasteiger partial charge is 0.349 e. The van der Waals surface area contributed by atoms with Crippen LogP contribution in [0.3, 0.4) is 0 Å². The molecule has 0 aromatic heterocycles. The number of rotatable bonds is 5. The Hall–Kier alpha value is -2.16. The molecule has 28 heavy (non-hydrogen) atoms. The molecule has 0 saturated heterocycles. The third-order valence-corrected chi connectivity index (χ3v) is 6.56. The van der Waals surface area contributed by atoms with E-state index in [1.54, 1.807) is 0 Å². The van der Waals surface area contributed by atoms with Gasteiger partial charge in [0.05, 0.1) is 0 Å². The maximum atomic E-state index is 12.7. The lowest BCUT2D eigenvalue weighted by Gasteiger charge is -2.22. The fraction of sp³-hybridized carbons (Fsp3) is 0.520. The molecule has 0 unspecified atom stereocenters. The van der Waals surface area contributed by atoms with Crippen molar-refractivity contribution in [2.75, 3.05) is 0 Å². The van der Waals surface area contributed by atoms with E-state index in [0.29, 0.717) is 23.9 Å². The van der Waals surface area contributed by atoms with Crippen LogP contribution in [0.5, 0.6) is 0 Å². The molecule has 0 aliphatic heterocycles. The molecule has 3 nitrogen and oxygen atoms in total. The van der Waals surface area contributed by atoms with Crippen LogP contribution in [0.4, 0.5) is 0 Å². The normalized spacial score (nSPS) is 18.9. The number of fused-ring (bicyclic) bond motifs is 1. The Morgan fingerprint density at radius 2 is 1.32 bits per heavy atom. The first-order chi connectivity index (χ1) is 13.7. The molecule has 0 radical (unpaired) electrons. The first-order valence-electron chi connectivity index (χ1n) is 11.1. The minimum absolute atomic E-state index is 0.0197. The second kappa shape index (κ2) is 8.89. The maximum absolute atomic E-state index is 12.7. The van der Waals surface area contributed by atoms with Crippen LogP contribution in [0.2, 0.25) is 0 Å². The van der Waals surface area contributed by atoms with Gasteiger partial charge in [0.2, 0.25) is 0 Å². The highest BCUT2D eigenvalue weighted by Gasteiger charge is 2.19. The minimum atomic E-state index is 0.0197. The van der Waals surface area contributed by atoms with Gasteiger partial charge in [-0.1, -0.05) is 69.6 Å². The molecule has 0 atom stereocenters. The molecule has 2 aromatic rings. The molecule has 1 N–H and O–H groups in total. The second-order valence-electron chi connectivity index (χ2n) is 8.72. The lowest BCUT2D eigenvalue weighted by molar-refractivity contribution is 0.0925. The molecule has 2 saturated carbocycles. The van der Waals surface area contributed by atoms with Crippen LogP contribution in [-0.4, -0.2) is 17.7 Å². The lowest BCUT2D eigenvalue weighted by atomic mass is 9.84. The van der Waals surface area contributed by atoms with E-state index in [-0.39, 0.29) is 11.7 Å². The summed E-state index contributed by atoms with van der Waals surface area (Å²) in [4.78, 5) is 25.3. The molecule has 2 aliphatic rings. The van der Waals surface area contributed by atoms with Crippen LogP contribution >= 0.6 is 0 Å². The van der Waals surface area contributed by atoms with Crippen molar-refractivity contribution in [1.82, 2.24) is 5.32 Å². The lowest BCUT2D eigenvalue weighted by Crippen LogP contribution is -2.36. The van der Waals surface area contributed by atoms with Gasteiger partial charge in [0.1, 0.15) is 0 Å². The van der Waals surface area contributed by atoms with Gasteiger partial charge >= 0.3 is 0 Å². The molecular weight excluding hydrogens is 346 g/mol. The van der Waals surface area contributed by atoms with Crippen LogP contribution in [0.15, 0.2) is 36.4 Å². The van der Waals surface area contributed by atoms with Crippen LogP contribution in [0.1, 0.15) is 91.3 Å². The Kier molecular flexibility index (Phi) is 6.09. The van der Waals surface area contributed by atoms with Crippen molar-refractivity contribution < 1.29 is 9.59 Å². The fourth-order valence-corrected chi connectivity index (χ4v) is 4.85. The van der Waals surface area contributed by atoms with Crippen LogP contribution in [0, 0.1) is 5.92 Å². The summed E-state index contributed by atoms with van der Waals surface area (Å²) >= 11 is 0. The van der Waals surface area contributed by atoms with Gasteiger partial charge < -0.3 is 5.32 Å². The highest BCUT2D eigenvalue weighted by atomic mass is 16.1. The Labute approximate surface area is 167 Å². The molecule has 0 heterocycles. The number of amides is 1. The van der Waals surface area contributed by atoms with Crippen molar-refractivity contribution in [2.24, 2.45) is 5.92 Å². The number of ketones is 1. The highest BCUT2D eigenvalue weighted by molar-refractivity contribution is 6.02. The number of benzene rings is 2. The van der Waals surface area contributed by atoms with E-state index < -0.39 is 0 Å². The van der Waals surface area contributed by atoms with Gasteiger partial charge in [0.25, 0.3) is 5.91 Å². The molecule has 0 bridgehead atoms. The number of nitrogens with one attached hydrogen (secondary N) is 1. The molecule has 4 rings (SSSR count). The van der Waals surface area contributed by atoms with Gasteiger partial charge in [-0.15, -0.1) is 0 Å². The minimum Gasteiger partial charge on any atom is -0.349 e. The van der Waals surface area contributed by atoms with E-state index >= 15 is 0 Å². The van der Waals surface area contributed by atoms with Crippen molar-refractivity contribution in [3.05, 3.63) is 47.5 Å². The van der Waals surface area contributed by atoms with E-state index in [0.717, 1.165) is 29.2 Å². The first-order valence-corrected chi connectivity index (χ1v) is 11.1. The number of carbonyl (C=O) groups is 2. The Morgan fingerprint density at radius 1 is 0.750 bits per heavy atom. The van der Waals surface area contributed by atoms with E-state index in [9.17, 15) is 9.59 Å². The quantitative estimate of drug-likeness (QED) is 0.644. The summed E-state index contributed by atoms with van der Waals surface area (Å²) in [6.45, 7) is 0. The van der Waals surface area contributed by atoms with Crippen molar-refractivity contribution >= 4 is 22.5 Å². The van der Waals surface area contributed by atoms with E-state index in [2.05, 4.69) is 5.32 Å². The average Bonchev–Trinajstić information content (AvgIpc) is 2.74. The van der Waals surface area contributed by atoms with E-state index in [1.165, 1.54) is 51.4 Å². The van der Waals surface area contributed by atoms with Crippen molar-refractivity contribution in [2.45, 2.75) is 76.7 Å². The van der Waals surface area contributed by atoms with E-state index in [4.69, 9.17) is 0 Å². The van der Waals surface area contributed by atoms with Crippen LogP contribution < -0.4 is 5.32 Å². The van der Waals surface area contributed by atoms with Crippen molar-refractivity contribution in [3.63, 3.8) is 0 Å². The third kappa shape index (κ3) is 4.63. The molecule has 2 fully saturated rings. The molecule has 148 valence electrons. The fourth-order valence-electron chi connectivity index (χ4n) is 4.85. The number of hydrogen-bond donors (Lipinski definition) is 1. The Balaban J connectivity index is 1.44. The molecular formula is C25H31NO2. The molecule has 3 heteroatoms. The van der Waals surface area contributed by atoms with Gasteiger partial charge in [-0.3, -0.25) is 9.59 Å². The van der Waals surface area contributed by atoms with Gasteiger partial charge in [0, 0.05) is 23.6 Å². The topological polar surface area (TPSA) is 46.2 Å². The zero-order chi connectivity index (χ0) is 19.3. The second-order valence-corrected chi connectivity index (χ2v) is 8.72. The number of carbonyl (C=O) groups excluding carboxylic acids is 2. The molecule has 2 aliphatic carbocycles. The predicted octanol–water partition coefficient (Wildman–Crippen LogP) is 6.06. The van der Waals surface area contributed by atoms with E-state index in [1.807, 2.05) is 36.4 Å². The monoisotopic (exact) mass is 377 g/mol. The smallest absolute Gasteiger partial charge is 0.251 e. The van der Waals surface area contributed by atoms with Crippen molar-refractivity contribution in [3.8, 4) is 0 Å². The first kappa shape index (κ1) is 19.2. The Morgan fingerprint density at radius 3 is 2.00 bits per heavy atom. The predicted molar refractivity (Wildman–Crippen MR) is 114 cm³/mol. The summed E-state index contributed by atoms with van der Waals surface area (Å²) in [5, 5.41) is 5.23. The number of hydrogen-bond acceptors (Lipinski definition) is 2. The SMILES string of the molecule is O=C(CC1CCCCC1)c1ccc2cc(C(=O)NC3CCCCC3)ccc2c1. The van der Waals surface area contributed by atoms with Crippen LogP contribution in [0.25, 0.3) is 10.8 Å². The van der Waals surface area contributed by atoms with Gasteiger partial charge in [-0.05, 0) is 47.7 Å². The Bertz CT molecular complexity index is 773. The summed E-state index contributed by atoms with van der Waals surface area (Å²) in [5.41, 5.74) is 1.51. The molecule has 2 aromatic carbocycles. The van der Waals surface area contributed by atoms with Crippen molar-refractivity contribution in [1.29, 1.82) is 0 Å². The highest BCUT2D eigenvalue weighted by Crippen LogP contribution is 2.28. The van der Waals surface area contributed by atoms with Gasteiger partial charge in [-0.2, -0.15) is 0 Å². The molecule has 0 spiro atoms. The third-order valence-electron chi connectivity index (χ3n) is 6.56. The average molecular weight is 378 g/mol. The summed E-state index contributed by atoms with van der Waals surface area (Å²) < 4.78 is 0. The zero-order valence-corrected chi connectivity index (χ0v) is 16.7. The van der Waals surface area contributed by atoms with Gasteiger partial charge in [0.15, 0.2) is 5.78 Å². The zero-order valence-electron chi connectivity index (χ0n) is 16.7. The van der Waals surface area contributed by atoms with Crippen LogP contribution in [-0.2, 0) is 0 Å². The standard InChI is InChI=1S/C25H31NO2/c27-24(15-18-7-3-1-4-8-18)21-13-11-20-17-22(14-12-19(20)16-21)25(28)26-23-9-5-2-6-10-23/h11-14,16-18,23H,1-10,15H2,(H,26,28). The summed E-state index contributed by atoms with van der Waals surface area (Å²) in [5.74, 6) is 0.835. The maximum Gasteiger partial charge on any atom is 0.251 e.